The first-order valence-corrected chi connectivity index (χ1v) is 10.5. The van der Waals surface area contributed by atoms with Crippen LogP contribution in [0.15, 0.2) is 103 Å². The van der Waals surface area contributed by atoms with Gasteiger partial charge in [0, 0.05) is 0 Å². The summed E-state index contributed by atoms with van der Waals surface area (Å²) in [6.45, 7) is 1.62. The van der Waals surface area contributed by atoms with Gasteiger partial charge < -0.3 is 18.9 Å². The van der Waals surface area contributed by atoms with E-state index in [0.29, 0.717) is 26.4 Å². The van der Waals surface area contributed by atoms with Crippen molar-refractivity contribution in [1.29, 1.82) is 0 Å². The maximum Gasteiger partial charge on any atom is 0.150 e. The Morgan fingerprint density at radius 3 is 1.77 bits per heavy atom. The summed E-state index contributed by atoms with van der Waals surface area (Å²) in [7, 11) is 0. The average molecular weight is 418 g/mol. The van der Waals surface area contributed by atoms with Crippen LogP contribution in [0.25, 0.3) is 0 Å². The fourth-order valence-corrected chi connectivity index (χ4v) is 3.43. The predicted molar refractivity (Wildman–Crippen MR) is 120 cm³/mol. The first-order chi connectivity index (χ1) is 15.8. The van der Waals surface area contributed by atoms with Gasteiger partial charge in [0.1, 0.15) is 18.3 Å². The molecule has 31 heavy (non-hydrogen) atoms. The van der Waals surface area contributed by atoms with E-state index in [1.807, 2.05) is 91.0 Å². The van der Waals surface area contributed by atoms with Crippen LogP contribution in [0.2, 0.25) is 0 Å². The molecule has 0 aliphatic carbocycles. The summed E-state index contributed by atoms with van der Waals surface area (Å²) >= 11 is 0. The molecule has 0 radical (unpaired) electrons. The number of ether oxygens (including phenoxy) is 4. The van der Waals surface area contributed by atoms with Gasteiger partial charge in [-0.05, 0) is 22.7 Å². The molecule has 0 amide bonds. The van der Waals surface area contributed by atoms with Crippen LogP contribution in [-0.4, -0.2) is 24.9 Å². The van der Waals surface area contributed by atoms with Crippen molar-refractivity contribution in [1.82, 2.24) is 0 Å². The Hall–Kier alpha value is -2.92. The Balaban J connectivity index is 1.44. The van der Waals surface area contributed by atoms with E-state index < -0.39 is 12.2 Å². The lowest BCUT2D eigenvalue weighted by Crippen LogP contribution is -2.45. The van der Waals surface area contributed by atoms with Crippen molar-refractivity contribution in [3.63, 3.8) is 0 Å². The molecule has 4 heteroatoms. The van der Waals surface area contributed by atoms with Crippen molar-refractivity contribution in [2.75, 3.05) is 6.61 Å². The molecule has 4 nitrogen and oxygen atoms in total. The first-order valence-electron chi connectivity index (χ1n) is 11.0. The molecule has 160 valence electrons. The Labute approximate surface area is 185 Å². The Kier molecular flexibility index (Phi) is 7.40. The highest BCUT2D eigenvalue weighted by Crippen LogP contribution is 2.22. The third-order valence-corrected chi connectivity index (χ3v) is 5.09. The molecule has 0 saturated heterocycles. The van der Waals surface area contributed by atoms with Crippen molar-refractivity contribution >= 4 is 0 Å². The van der Waals surface area contributed by atoms with Crippen LogP contribution >= 0.6 is 0 Å². The normalized spacial score (nSPS) is 21.1. The topological polar surface area (TPSA) is 36.9 Å². The smallest absolute Gasteiger partial charge is 0.150 e. The maximum absolute atomic E-state index is 8.40. The van der Waals surface area contributed by atoms with Gasteiger partial charge in [-0.2, -0.15) is 0 Å². The summed E-state index contributed by atoms with van der Waals surface area (Å²) in [6, 6.07) is 30.2. The predicted octanol–water partition coefficient (Wildman–Crippen LogP) is 5.29. The highest BCUT2D eigenvalue weighted by Gasteiger charge is 2.34. The van der Waals surface area contributed by atoms with Gasteiger partial charge in [-0.1, -0.05) is 91.0 Å². The minimum Gasteiger partial charge on any atom is -0.493 e. The summed E-state index contributed by atoms with van der Waals surface area (Å²) in [4.78, 5) is 0. The van der Waals surface area contributed by atoms with Gasteiger partial charge in [0.2, 0.25) is 0 Å². The zero-order valence-corrected chi connectivity index (χ0v) is 17.4. The molecule has 4 rings (SSSR count). The SMILES string of the molecule is [2H]C1=COC(COCc2ccccc2)C(OCc2ccccc2)C1OCc1ccccc1. The standard InChI is InChI=1S/C27H28O4/c1-4-10-22(11-5-1)18-28-21-26-27(31-20-24-14-8-3-9-15-24)25(16-17-29-26)30-19-23-12-6-2-7-13-23/h1-17,25-27H,18-21H2/i16D. The molecule has 1 heterocycles. The molecule has 3 unspecified atom stereocenters. The van der Waals surface area contributed by atoms with Crippen LogP contribution < -0.4 is 0 Å². The second-order valence-corrected chi connectivity index (χ2v) is 7.44. The van der Waals surface area contributed by atoms with Crippen molar-refractivity contribution in [3.05, 3.63) is 120 Å². The minimum absolute atomic E-state index is 0.262. The van der Waals surface area contributed by atoms with E-state index in [9.17, 15) is 0 Å². The molecule has 3 aromatic rings. The second-order valence-electron chi connectivity index (χ2n) is 7.44. The monoisotopic (exact) mass is 417 g/mol. The zero-order chi connectivity index (χ0) is 22.0. The Morgan fingerprint density at radius 1 is 0.677 bits per heavy atom. The maximum atomic E-state index is 8.40. The fourth-order valence-electron chi connectivity index (χ4n) is 3.43. The molecule has 0 fully saturated rings. The van der Waals surface area contributed by atoms with Crippen LogP contribution in [0.1, 0.15) is 18.1 Å². The third kappa shape index (κ3) is 6.53. The molecule has 1 aliphatic heterocycles. The van der Waals surface area contributed by atoms with Crippen LogP contribution in [-0.2, 0) is 38.8 Å². The molecule has 0 N–H and O–H groups in total. The lowest BCUT2D eigenvalue weighted by atomic mass is 10.1. The van der Waals surface area contributed by atoms with Crippen molar-refractivity contribution in [2.24, 2.45) is 0 Å². The van der Waals surface area contributed by atoms with Gasteiger partial charge >= 0.3 is 0 Å². The molecule has 0 aromatic heterocycles. The molecule has 1 aliphatic rings. The van der Waals surface area contributed by atoms with Gasteiger partial charge in [0.15, 0.2) is 0 Å². The molecule has 0 spiro atoms. The highest BCUT2D eigenvalue weighted by molar-refractivity contribution is 5.15. The van der Waals surface area contributed by atoms with Crippen LogP contribution in [0.5, 0.6) is 0 Å². The van der Waals surface area contributed by atoms with Crippen molar-refractivity contribution in [2.45, 2.75) is 38.1 Å². The lowest BCUT2D eigenvalue weighted by molar-refractivity contribution is -0.147. The van der Waals surface area contributed by atoms with E-state index in [4.69, 9.17) is 20.3 Å². The summed E-state index contributed by atoms with van der Waals surface area (Å²) in [5.74, 6) is 0. The molecule has 0 saturated carbocycles. The average Bonchev–Trinajstić information content (AvgIpc) is 2.85. The number of benzene rings is 3. The Morgan fingerprint density at radius 2 is 1.19 bits per heavy atom. The van der Waals surface area contributed by atoms with E-state index in [1.54, 1.807) is 0 Å². The first kappa shape index (κ1) is 20.0. The minimum atomic E-state index is -0.544. The van der Waals surface area contributed by atoms with Gasteiger partial charge in [-0.25, -0.2) is 0 Å². The lowest BCUT2D eigenvalue weighted by Gasteiger charge is -2.34. The largest absolute Gasteiger partial charge is 0.493 e. The van der Waals surface area contributed by atoms with E-state index in [-0.39, 0.29) is 12.2 Å². The van der Waals surface area contributed by atoms with Crippen LogP contribution in [0, 0.1) is 0 Å². The molecule has 0 bridgehead atoms. The third-order valence-electron chi connectivity index (χ3n) is 5.09. The quantitative estimate of drug-likeness (QED) is 0.449. The van der Waals surface area contributed by atoms with E-state index in [1.165, 1.54) is 6.26 Å². The summed E-state index contributed by atoms with van der Waals surface area (Å²) < 4.78 is 32.6. The van der Waals surface area contributed by atoms with E-state index in [0.717, 1.165) is 16.7 Å². The molecule has 3 aromatic carbocycles. The summed E-state index contributed by atoms with van der Waals surface area (Å²) in [5, 5.41) is 0. The van der Waals surface area contributed by atoms with Gasteiger partial charge in [-0.3, -0.25) is 0 Å². The van der Waals surface area contributed by atoms with Crippen LogP contribution in [0.3, 0.4) is 0 Å². The van der Waals surface area contributed by atoms with Crippen molar-refractivity contribution < 1.29 is 20.3 Å². The molecule has 3 atom stereocenters. The van der Waals surface area contributed by atoms with E-state index in [2.05, 4.69) is 0 Å². The number of hydrogen-bond donors (Lipinski definition) is 0. The van der Waals surface area contributed by atoms with E-state index >= 15 is 0 Å². The second kappa shape index (κ2) is 11.5. The van der Waals surface area contributed by atoms with Gasteiger partial charge in [0.05, 0.1) is 34.1 Å². The van der Waals surface area contributed by atoms with Crippen molar-refractivity contribution in [3.8, 4) is 0 Å². The zero-order valence-electron chi connectivity index (χ0n) is 18.4. The van der Waals surface area contributed by atoms with Crippen LogP contribution in [0.4, 0.5) is 0 Å². The highest BCUT2D eigenvalue weighted by atomic mass is 16.6. The Bertz CT molecular complexity index is 963. The van der Waals surface area contributed by atoms with Gasteiger partial charge in [-0.15, -0.1) is 0 Å². The fraction of sp³-hybridized carbons (Fsp3) is 0.259. The summed E-state index contributed by atoms with van der Waals surface area (Å²) in [5.41, 5.74) is 3.20. The number of rotatable bonds is 10. The number of hydrogen-bond acceptors (Lipinski definition) is 4. The van der Waals surface area contributed by atoms with Gasteiger partial charge in [0.25, 0.3) is 0 Å². The molecular formula is C27H28O4. The summed E-state index contributed by atoms with van der Waals surface area (Å²) in [6.07, 6.45) is 0.0664. The molecular weight excluding hydrogens is 388 g/mol.